The lowest BCUT2D eigenvalue weighted by molar-refractivity contribution is -0.119. The highest BCUT2D eigenvalue weighted by Crippen LogP contribution is 2.33. The third-order valence-corrected chi connectivity index (χ3v) is 9.22. The second kappa shape index (κ2) is 11.1. The van der Waals surface area contributed by atoms with Crippen molar-refractivity contribution in [3.63, 3.8) is 0 Å². The average Bonchev–Trinajstić information content (AvgIpc) is 3.42. The number of nitrogens with zero attached hydrogens (tertiary/aromatic N) is 2. The first kappa shape index (κ1) is 26.3. The Morgan fingerprint density at radius 2 is 1.92 bits per heavy atom. The highest BCUT2D eigenvalue weighted by atomic mass is 35.5. The molecule has 0 fully saturated rings. The van der Waals surface area contributed by atoms with Gasteiger partial charge in [-0.05, 0) is 48.7 Å². The van der Waals surface area contributed by atoms with E-state index in [0.29, 0.717) is 47.0 Å². The number of fused-ring (bicyclic) bond motifs is 1. The summed E-state index contributed by atoms with van der Waals surface area (Å²) in [7, 11) is -2.08. The van der Waals surface area contributed by atoms with Crippen LogP contribution in [0.3, 0.4) is 0 Å². The molecule has 0 radical (unpaired) electrons. The number of Topliss-reactive ketones (excluding diaryl/α,β-unsaturated/α-hetero) is 1. The van der Waals surface area contributed by atoms with Gasteiger partial charge >= 0.3 is 0 Å². The number of benzene rings is 2. The van der Waals surface area contributed by atoms with Gasteiger partial charge in [0.25, 0.3) is 0 Å². The summed E-state index contributed by atoms with van der Waals surface area (Å²) in [5.74, 6) is 0.447. The Bertz CT molecular complexity index is 1490. The van der Waals surface area contributed by atoms with Crippen LogP contribution in [0, 0.1) is 0 Å². The van der Waals surface area contributed by atoms with Crippen molar-refractivity contribution in [3.05, 3.63) is 75.8 Å². The van der Waals surface area contributed by atoms with Gasteiger partial charge in [-0.2, -0.15) is 5.10 Å². The van der Waals surface area contributed by atoms with Gasteiger partial charge in [-0.25, -0.2) is 8.42 Å². The number of methoxy groups -OCH3 is 1. The van der Waals surface area contributed by atoms with E-state index >= 15 is 0 Å². The lowest BCUT2D eigenvalue weighted by Crippen LogP contribution is -2.19. The molecule has 2 aromatic carbocycles. The van der Waals surface area contributed by atoms with Crippen LogP contribution >= 0.6 is 22.9 Å². The molecule has 36 heavy (non-hydrogen) atoms. The van der Waals surface area contributed by atoms with Gasteiger partial charge in [0.05, 0.1) is 34.6 Å². The molecule has 0 saturated carbocycles. The molecule has 0 saturated heterocycles. The largest absolute Gasteiger partial charge is 0.496 e. The fourth-order valence-electron chi connectivity index (χ4n) is 4.18. The number of hydrogen-bond acceptors (Lipinski definition) is 7. The van der Waals surface area contributed by atoms with Gasteiger partial charge in [0.15, 0.2) is 9.84 Å². The van der Waals surface area contributed by atoms with Gasteiger partial charge in [-0.3, -0.25) is 9.48 Å². The molecule has 190 valence electrons. The fourth-order valence-corrected chi connectivity index (χ4v) is 7.03. The molecule has 0 bridgehead atoms. The van der Waals surface area contributed by atoms with Crippen LogP contribution in [0.15, 0.2) is 58.8 Å². The zero-order valence-electron chi connectivity index (χ0n) is 20.1. The van der Waals surface area contributed by atoms with Gasteiger partial charge in [-0.1, -0.05) is 41.9 Å². The number of rotatable bonds is 11. The van der Waals surface area contributed by atoms with Crippen molar-refractivity contribution in [1.29, 1.82) is 0 Å². The highest BCUT2D eigenvalue weighted by molar-refractivity contribution is 7.92. The summed E-state index contributed by atoms with van der Waals surface area (Å²) in [4.78, 5) is 12.1. The van der Waals surface area contributed by atoms with E-state index < -0.39 is 9.84 Å². The number of aromatic nitrogens is 2. The minimum Gasteiger partial charge on any atom is -0.496 e. The molecule has 1 atom stereocenters. The molecular weight excluding hydrogens is 518 g/mol. The van der Waals surface area contributed by atoms with Crippen molar-refractivity contribution in [1.82, 2.24) is 9.78 Å². The van der Waals surface area contributed by atoms with Crippen LogP contribution in [0.1, 0.15) is 36.6 Å². The molecule has 0 aliphatic heterocycles. The van der Waals surface area contributed by atoms with Crippen LogP contribution in [0.4, 0.5) is 0 Å². The highest BCUT2D eigenvalue weighted by Gasteiger charge is 2.24. The number of sulfone groups is 1. The van der Waals surface area contributed by atoms with Gasteiger partial charge < -0.3 is 10.5 Å². The van der Waals surface area contributed by atoms with Crippen molar-refractivity contribution in [2.75, 3.05) is 7.11 Å². The molecule has 7 nitrogen and oxygen atoms in total. The standard InChI is InChI=1S/C26H28ClN3O4S2/c1-17(28)13-20(31)10-9-18-5-3-6-19(14-18)15-30-22-7-4-8-23(34-2)26(22)21(29-30)16-36(32,33)25-12-11-24(27)35-25/h3-8,11-12,14,17H,9-10,13,15-16,28H2,1-2H3. The Hall–Kier alpha value is -2.72. The molecule has 1 unspecified atom stereocenters. The first-order chi connectivity index (χ1) is 17.2. The molecule has 4 rings (SSSR count). The average molecular weight is 546 g/mol. The summed E-state index contributed by atoms with van der Waals surface area (Å²) < 4.78 is 34.1. The van der Waals surface area contributed by atoms with Crippen LogP contribution in [0.2, 0.25) is 4.34 Å². The van der Waals surface area contributed by atoms with E-state index in [4.69, 9.17) is 27.2 Å². The summed E-state index contributed by atoms with van der Waals surface area (Å²) in [6.07, 6.45) is 1.46. The van der Waals surface area contributed by atoms with Gasteiger partial charge in [-0.15, -0.1) is 11.3 Å². The third kappa shape index (κ3) is 6.15. The topological polar surface area (TPSA) is 104 Å². The Labute approximate surface area is 219 Å². The first-order valence-electron chi connectivity index (χ1n) is 11.5. The van der Waals surface area contributed by atoms with Gasteiger partial charge in [0.1, 0.15) is 21.5 Å². The molecule has 2 N–H and O–H groups in total. The molecule has 0 spiro atoms. The molecular formula is C26H28ClN3O4S2. The van der Waals surface area contributed by atoms with E-state index in [1.807, 2.05) is 37.3 Å². The number of carbonyl (C=O) groups is 1. The van der Waals surface area contributed by atoms with Crippen LogP contribution in [0.5, 0.6) is 5.75 Å². The van der Waals surface area contributed by atoms with E-state index in [1.165, 1.54) is 6.07 Å². The molecule has 2 aromatic heterocycles. The summed E-state index contributed by atoms with van der Waals surface area (Å²) in [6, 6.07) is 16.5. The maximum atomic E-state index is 13.1. The molecule has 2 heterocycles. The SMILES string of the molecule is COc1cccc2c1c(CS(=O)(=O)c1ccc(Cl)s1)nn2Cc1cccc(CCC(=O)CC(C)N)c1. The Morgan fingerprint density at radius 1 is 1.17 bits per heavy atom. The van der Waals surface area contributed by atoms with E-state index in [-0.39, 0.29) is 21.8 Å². The van der Waals surface area contributed by atoms with E-state index in [2.05, 4.69) is 6.07 Å². The Kier molecular flexibility index (Phi) is 8.14. The molecule has 0 amide bonds. The zero-order chi connectivity index (χ0) is 25.9. The van der Waals surface area contributed by atoms with Crippen molar-refractivity contribution in [2.45, 2.75) is 48.7 Å². The predicted molar refractivity (Wildman–Crippen MR) is 144 cm³/mol. The number of ketones is 1. The smallest absolute Gasteiger partial charge is 0.193 e. The van der Waals surface area contributed by atoms with Crippen LogP contribution in [-0.2, 0) is 33.4 Å². The summed E-state index contributed by atoms with van der Waals surface area (Å²) in [5.41, 5.74) is 8.98. The van der Waals surface area contributed by atoms with Crippen LogP contribution < -0.4 is 10.5 Å². The summed E-state index contributed by atoms with van der Waals surface area (Å²) >= 11 is 7.00. The lowest BCUT2D eigenvalue weighted by Gasteiger charge is -2.08. The number of nitrogens with two attached hydrogens (primary N) is 1. The zero-order valence-corrected chi connectivity index (χ0v) is 22.5. The van der Waals surface area contributed by atoms with Crippen molar-refractivity contribution in [2.24, 2.45) is 5.73 Å². The maximum Gasteiger partial charge on any atom is 0.193 e. The van der Waals surface area contributed by atoms with Gasteiger partial charge in [0.2, 0.25) is 0 Å². The van der Waals surface area contributed by atoms with E-state index in [9.17, 15) is 13.2 Å². The van der Waals surface area contributed by atoms with Crippen LogP contribution in [-0.4, -0.2) is 37.1 Å². The van der Waals surface area contributed by atoms with Gasteiger partial charge in [0, 0.05) is 18.9 Å². The molecule has 10 heteroatoms. The Morgan fingerprint density at radius 3 is 2.61 bits per heavy atom. The predicted octanol–water partition coefficient (Wildman–Crippen LogP) is 5.02. The number of halogens is 1. The summed E-state index contributed by atoms with van der Waals surface area (Å²) in [6.45, 7) is 2.27. The second-order valence-electron chi connectivity index (χ2n) is 8.82. The number of aryl methyl sites for hydroxylation is 1. The van der Waals surface area contributed by atoms with Crippen molar-refractivity contribution in [3.8, 4) is 5.75 Å². The maximum absolute atomic E-state index is 13.1. The first-order valence-corrected chi connectivity index (χ1v) is 14.4. The fraction of sp³-hybridized carbons (Fsp3) is 0.308. The summed E-state index contributed by atoms with van der Waals surface area (Å²) in [5, 5.41) is 5.38. The molecule has 4 aromatic rings. The molecule has 0 aliphatic rings. The van der Waals surface area contributed by atoms with E-state index in [1.54, 1.807) is 23.9 Å². The number of carbonyl (C=O) groups excluding carboxylic acids is 1. The normalized spacial score (nSPS) is 12.7. The Balaban J connectivity index is 1.63. The van der Waals surface area contributed by atoms with Crippen LogP contribution in [0.25, 0.3) is 10.9 Å². The minimum atomic E-state index is -3.64. The van der Waals surface area contributed by atoms with Crippen molar-refractivity contribution < 1.29 is 17.9 Å². The monoisotopic (exact) mass is 545 g/mol. The van der Waals surface area contributed by atoms with E-state index in [0.717, 1.165) is 28.0 Å². The number of thiophene rings is 1. The third-order valence-electron chi connectivity index (χ3n) is 5.78. The minimum absolute atomic E-state index is 0.135. The lowest BCUT2D eigenvalue weighted by atomic mass is 10.0. The molecule has 0 aliphatic carbocycles. The number of hydrogen-bond donors (Lipinski definition) is 1. The second-order valence-corrected chi connectivity index (χ2v) is 12.7. The quantitative estimate of drug-likeness (QED) is 0.284. The number of ether oxygens (including phenoxy) is 1. The van der Waals surface area contributed by atoms with Crippen molar-refractivity contribution >= 4 is 49.5 Å².